The summed E-state index contributed by atoms with van der Waals surface area (Å²) in [6.45, 7) is 11.6. The van der Waals surface area contributed by atoms with E-state index in [2.05, 4.69) is 61.3 Å². The molecule has 1 fully saturated rings. The van der Waals surface area contributed by atoms with E-state index in [9.17, 15) is 0 Å². The highest BCUT2D eigenvalue weighted by atomic mass is 15.2. The largest absolute Gasteiger partial charge is 0.316 e. The summed E-state index contributed by atoms with van der Waals surface area (Å²) in [5.74, 6) is 0. The number of hydrogen-bond donors (Lipinski definition) is 1. The topological polar surface area (TPSA) is 15.3 Å². The molecule has 0 bridgehead atoms. The van der Waals surface area contributed by atoms with Crippen LogP contribution in [0.5, 0.6) is 0 Å². The molecule has 0 aliphatic carbocycles. The standard InChI is InChI=1S/C17H28N2/c1-15(2)19(12-16-8-5-4-6-9-16)14-17(3)10-7-11-18-13-17/h4-6,8-9,15,18H,7,10-14H2,1-3H3. The number of nitrogens with one attached hydrogen (secondary N) is 1. The van der Waals surface area contributed by atoms with Gasteiger partial charge in [-0.05, 0) is 44.2 Å². The number of hydrogen-bond acceptors (Lipinski definition) is 2. The van der Waals surface area contributed by atoms with Crippen LogP contribution in [0, 0.1) is 5.41 Å². The third-order valence-electron chi connectivity index (χ3n) is 4.23. The van der Waals surface area contributed by atoms with Crippen molar-refractivity contribution in [2.24, 2.45) is 5.41 Å². The molecule has 1 N–H and O–H groups in total. The molecule has 2 rings (SSSR count). The van der Waals surface area contributed by atoms with Gasteiger partial charge >= 0.3 is 0 Å². The average molecular weight is 260 g/mol. The van der Waals surface area contributed by atoms with Crippen LogP contribution in [0.25, 0.3) is 0 Å². The lowest BCUT2D eigenvalue weighted by Gasteiger charge is -2.40. The van der Waals surface area contributed by atoms with Gasteiger partial charge in [0.2, 0.25) is 0 Å². The summed E-state index contributed by atoms with van der Waals surface area (Å²) in [6.07, 6.45) is 2.66. The first-order valence-corrected chi connectivity index (χ1v) is 7.58. The molecule has 0 radical (unpaired) electrons. The van der Waals surface area contributed by atoms with Crippen molar-refractivity contribution in [3.63, 3.8) is 0 Å². The maximum atomic E-state index is 3.56. The van der Waals surface area contributed by atoms with Gasteiger partial charge in [0.15, 0.2) is 0 Å². The fourth-order valence-corrected chi connectivity index (χ4v) is 2.98. The van der Waals surface area contributed by atoms with E-state index in [0.29, 0.717) is 11.5 Å². The van der Waals surface area contributed by atoms with Gasteiger partial charge in [0, 0.05) is 25.7 Å². The van der Waals surface area contributed by atoms with Gasteiger partial charge in [0.1, 0.15) is 0 Å². The first-order valence-electron chi connectivity index (χ1n) is 7.58. The van der Waals surface area contributed by atoms with Crippen LogP contribution in [-0.2, 0) is 6.54 Å². The Labute approximate surface area is 118 Å². The first-order chi connectivity index (χ1) is 9.09. The highest BCUT2D eigenvalue weighted by molar-refractivity contribution is 5.14. The van der Waals surface area contributed by atoms with E-state index in [1.807, 2.05) is 0 Å². The van der Waals surface area contributed by atoms with Crippen LogP contribution in [0.4, 0.5) is 0 Å². The lowest BCUT2D eigenvalue weighted by molar-refractivity contribution is 0.103. The second-order valence-corrected chi connectivity index (χ2v) is 6.58. The molecule has 1 atom stereocenters. The Morgan fingerprint density at radius 1 is 1.26 bits per heavy atom. The molecule has 1 heterocycles. The van der Waals surface area contributed by atoms with E-state index in [-0.39, 0.29) is 0 Å². The highest BCUT2D eigenvalue weighted by Crippen LogP contribution is 2.28. The predicted molar refractivity (Wildman–Crippen MR) is 82.2 cm³/mol. The zero-order chi connectivity index (χ0) is 13.7. The van der Waals surface area contributed by atoms with Gasteiger partial charge in [-0.3, -0.25) is 4.90 Å². The molecule has 1 saturated heterocycles. The zero-order valence-electron chi connectivity index (χ0n) is 12.7. The molecule has 2 nitrogen and oxygen atoms in total. The maximum Gasteiger partial charge on any atom is 0.0236 e. The summed E-state index contributed by atoms with van der Waals surface area (Å²) in [7, 11) is 0. The third-order valence-corrected chi connectivity index (χ3v) is 4.23. The van der Waals surface area contributed by atoms with Crippen molar-refractivity contribution in [1.29, 1.82) is 0 Å². The van der Waals surface area contributed by atoms with Crippen molar-refractivity contribution in [1.82, 2.24) is 10.2 Å². The molecule has 19 heavy (non-hydrogen) atoms. The van der Waals surface area contributed by atoms with E-state index in [1.165, 1.54) is 31.5 Å². The second kappa shape index (κ2) is 6.53. The minimum atomic E-state index is 0.428. The van der Waals surface area contributed by atoms with Crippen LogP contribution in [0.15, 0.2) is 30.3 Å². The van der Waals surface area contributed by atoms with E-state index >= 15 is 0 Å². The smallest absolute Gasteiger partial charge is 0.0236 e. The molecule has 0 aromatic heterocycles. The van der Waals surface area contributed by atoms with Crippen LogP contribution in [0.2, 0.25) is 0 Å². The lowest BCUT2D eigenvalue weighted by atomic mass is 9.82. The molecule has 0 amide bonds. The minimum absolute atomic E-state index is 0.428. The highest BCUT2D eigenvalue weighted by Gasteiger charge is 2.29. The van der Waals surface area contributed by atoms with E-state index in [4.69, 9.17) is 0 Å². The van der Waals surface area contributed by atoms with Gasteiger partial charge in [-0.2, -0.15) is 0 Å². The maximum absolute atomic E-state index is 3.56. The number of rotatable bonds is 5. The van der Waals surface area contributed by atoms with Crippen molar-refractivity contribution in [3.8, 4) is 0 Å². The van der Waals surface area contributed by atoms with Crippen LogP contribution in [0.1, 0.15) is 39.2 Å². The molecule has 2 heteroatoms. The lowest BCUT2D eigenvalue weighted by Crippen LogP contribution is -2.47. The molecule has 1 aliphatic rings. The summed E-state index contributed by atoms with van der Waals surface area (Å²) in [6, 6.07) is 11.4. The molecule has 1 unspecified atom stereocenters. The van der Waals surface area contributed by atoms with Crippen molar-refractivity contribution < 1.29 is 0 Å². The van der Waals surface area contributed by atoms with Gasteiger partial charge < -0.3 is 5.32 Å². The Bertz CT molecular complexity index is 366. The Balaban J connectivity index is 2.00. The Morgan fingerprint density at radius 2 is 2.00 bits per heavy atom. The Hall–Kier alpha value is -0.860. The molecule has 0 saturated carbocycles. The number of piperidine rings is 1. The molecule has 1 aliphatic heterocycles. The summed E-state index contributed by atoms with van der Waals surface area (Å²) >= 11 is 0. The van der Waals surface area contributed by atoms with Crippen molar-refractivity contribution in [2.45, 2.75) is 46.2 Å². The van der Waals surface area contributed by atoms with E-state index in [0.717, 1.165) is 13.1 Å². The minimum Gasteiger partial charge on any atom is -0.316 e. The molecular formula is C17H28N2. The molecule has 1 aromatic rings. The van der Waals surface area contributed by atoms with Crippen LogP contribution >= 0.6 is 0 Å². The monoisotopic (exact) mass is 260 g/mol. The summed E-state index contributed by atoms with van der Waals surface area (Å²) in [5.41, 5.74) is 1.85. The van der Waals surface area contributed by atoms with Crippen molar-refractivity contribution in [3.05, 3.63) is 35.9 Å². The van der Waals surface area contributed by atoms with Gasteiger partial charge in [-0.1, -0.05) is 37.3 Å². The molecule has 0 spiro atoms. The van der Waals surface area contributed by atoms with Gasteiger partial charge in [-0.15, -0.1) is 0 Å². The fraction of sp³-hybridized carbons (Fsp3) is 0.647. The van der Waals surface area contributed by atoms with Gasteiger partial charge in [0.05, 0.1) is 0 Å². The number of nitrogens with zero attached hydrogens (tertiary/aromatic N) is 1. The number of benzene rings is 1. The second-order valence-electron chi connectivity index (χ2n) is 6.58. The SMILES string of the molecule is CC(C)N(Cc1ccccc1)CC1(C)CCCNC1. The summed E-state index contributed by atoms with van der Waals surface area (Å²) < 4.78 is 0. The Morgan fingerprint density at radius 3 is 2.58 bits per heavy atom. The van der Waals surface area contributed by atoms with Crippen LogP contribution in [0.3, 0.4) is 0 Å². The van der Waals surface area contributed by atoms with Gasteiger partial charge in [0.25, 0.3) is 0 Å². The van der Waals surface area contributed by atoms with Gasteiger partial charge in [-0.25, -0.2) is 0 Å². The summed E-state index contributed by atoms with van der Waals surface area (Å²) in [5, 5.41) is 3.56. The molecule has 106 valence electrons. The zero-order valence-corrected chi connectivity index (χ0v) is 12.7. The van der Waals surface area contributed by atoms with Crippen molar-refractivity contribution >= 4 is 0 Å². The molecular weight excluding hydrogens is 232 g/mol. The van der Waals surface area contributed by atoms with Crippen molar-refractivity contribution in [2.75, 3.05) is 19.6 Å². The first kappa shape index (κ1) is 14.5. The Kier molecular flexibility index (Phi) is 5.00. The third kappa shape index (κ3) is 4.32. The van der Waals surface area contributed by atoms with Crippen LogP contribution in [-0.4, -0.2) is 30.6 Å². The quantitative estimate of drug-likeness (QED) is 0.874. The predicted octanol–water partition coefficient (Wildman–Crippen LogP) is 3.29. The van der Waals surface area contributed by atoms with Crippen LogP contribution < -0.4 is 5.32 Å². The molecule has 1 aromatic carbocycles. The average Bonchev–Trinajstić information content (AvgIpc) is 2.39. The fourth-order valence-electron chi connectivity index (χ4n) is 2.98. The summed E-state index contributed by atoms with van der Waals surface area (Å²) in [4.78, 5) is 2.61. The normalized spacial score (nSPS) is 24.1. The van der Waals surface area contributed by atoms with E-state index in [1.54, 1.807) is 0 Å². The van der Waals surface area contributed by atoms with E-state index < -0.39 is 0 Å².